The van der Waals surface area contributed by atoms with Crippen molar-refractivity contribution < 1.29 is 4.42 Å². The van der Waals surface area contributed by atoms with Gasteiger partial charge in [0.25, 0.3) is 0 Å². The SMILES string of the molecule is CCNCc1nnc(NCCCCC(C)C)o1. The maximum absolute atomic E-state index is 5.42. The molecule has 0 fully saturated rings. The molecule has 1 aromatic rings. The van der Waals surface area contributed by atoms with Crippen molar-refractivity contribution in [2.45, 2.75) is 46.6 Å². The molecule has 0 atom stereocenters. The van der Waals surface area contributed by atoms with Crippen molar-refractivity contribution in [2.75, 3.05) is 18.4 Å². The zero-order valence-electron chi connectivity index (χ0n) is 11.1. The number of rotatable bonds is 9. The van der Waals surface area contributed by atoms with Gasteiger partial charge in [-0.2, -0.15) is 0 Å². The van der Waals surface area contributed by atoms with Gasteiger partial charge in [0.15, 0.2) is 0 Å². The zero-order valence-corrected chi connectivity index (χ0v) is 11.1. The number of nitrogens with zero attached hydrogens (tertiary/aromatic N) is 2. The molecule has 0 spiro atoms. The molecular weight excluding hydrogens is 216 g/mol. The van der Waals surface area contributed by atoms with Gasteiger partial charge in [-0.3, -0.25) is 0 Å². The lowest BCUT2D eigenvalue weighted by Gasteiger charge is -2.04. The molecule has 17 heavy (non-hydrogen) atoms. The Morgan fingerprint density at radius 1 is 1.24 bits per heavy atom. The second-order valence-electron chi connectivity index (χ2n) is 4.60. The second-order valence-corrected chi connectivity index (χ2v) is 4.60. The normalized spacial score (nSPS) is 11.1. The highest BCUT2D eigenvalue weighted by Gasteiger charge is 2.04. The van der Waals surface area contributed by atoms with E-state index in [0.29, 0.717) is 18.5 Å². The Labute approximate surface area is 103 Å². The highest BCUT2D eigenvalue weighted by molar-refractivity contribution is 5.16. The van der Waals surface area contributed by atoms with Gasteiger partial charge in [-0.1, -0.05) is 38.7 Å². The third-order valence-electron chi connectivity index (χ3n) is 2.48. The Bertz CT molecular complexity index is 298. The Kier molecular flexibility index (Phi) is 6.62. The highest BCUT2D eigenvalue weighted by Crippen LogP contribution is 2.08. The predicted octanol–water partition coefficient (Wildman–Crippen LogP) is 2.42. The molecule has 0 unspecified atom stereocenters. The van der Waals surface area contributed by atoms with Gasteiger partial charge in [0.2, 0.25) is 5.89 Å². The molecule has 2 N–H and O–H groups in total. The smallest absolute Gasteiger partial charge is 0.315 e. The van der Waals surface area contributed by atoms with Crippen LogP contribution in [0.2, 0.25) is 0 Å². The van der Waals surface area contributed by atoms with E-state index in [1.54, 1.807) is 0 Å². The van der Waals surface area contributed by atoms with Crippen molar-refractivity contribution in [1.82, 2.24) is 15.5 Å². The molecule has 0 saturated heterocycles. The first-order valence-corrected chi connectivity index (χ1v) is 6.49. The number of anilines is 1. The summed E-state index contributed by atoms with van der Waals surface area (Å²) in [4.78, 5) is 0. The van der Waals surface area contributed by atoms with Gasteiger partial charge in [0.05, 0.1) is 6.54 Å². The molecule has 0 aromatic carbocycles. The third kappa shape index (κ3) is 6.26. The van der Waals surface area contributed by atoms with Crippen LogP contribution >= 0.6 is 0 Å². The number of aromatic nitrogens is 2. The van der Waals surface area contributed by atoms with Crippen LogP contribution in [0.1, 0.15) is 45.9 Å². The largest absolute Gasteiger partial charge is 0.407 e. The molecule has 5 heteroatoms. The molecule has 1 aromatic heterocycles. The Balaban J connectivity index is 2.12. The van der Waals surface area contributed by atoms with Crippen LogP contribution in [0.5, 0.6) is 0 Å². The van der Waals surface area contributed by atoms with Crippen LogP contribution in [0.3, 0.4) is 0 Å². The van der Waals surface area contributed by atoms with Gasteiger partial charge in [-0.05, 0) is 18.9 Å². The van der Waals surface area contributed by atoms with E-state index in [0.717, 1.165) is 25.4 Å². The van der Waals surface area contributed by atoms with Crippen molar-refractivity contribution in [3.8, 4) is 0 Å². The monoisotopic (exact) mass is 240 g/mol. The van der Waals surface area contributed by atoms with E-state index in [9.17, 15) is 0 Å². The van der Waals surface area contributed by atoms with Gasteiger partial charge >= 0.3 is 6.01 Å². The summed E-state index contributed by atoms with van der Waals surface area (Å²) in [5, 5.41) is 14.2. The predicted molar refractivity (Wildman–Crippen MR) is 68.9 cm³/mol. The third-order valence-corrected chi connectivity index (χ3v) is 2.48. The lowest BCUT2D eigenvalue weighted by atomic mass is 10.1. The molecule has 0 aliphatic carbocycles. The van der Waals surface area contributed by atoms with E-state index in [2.05, 4.69) is 34.7 Å². The molecule has 0 aliphatic rings. The summed E-state index contributed by atoms with van der Waals surface area (Å²) in [5.74, 6) is 1.42. The Morgan fingerprint density at radius 3 is 2.76 bits per heavy atom. The van der Waals surface area contributed by atoms with Crippen LogP contribution in [-0.2, 0) is 6.54 Å². The fourth-order valence-electron chi connectivity index (χ4n) is 1.50. The lowest BCUT2D eigenvalue weighted by Crippen LogP contribution is -2.11. The average Bonchev–Trinajstić information content (AvgIpc) is 2.73. The van der Waals surface area contributed by atoms with E-state index >= 15 is 0 Å². The summed E-state index contributed by atoms with van der Waals surface area (Å²) in [5.41, 5.74) is 0. The molecule has 0 saturated carbocycles. The number of hydrogen-bond donors (Lipinski definition) is 2. The van der Waals surface area contributed by atoms with E-state index in [1.165, 1.54) is 12.8 Å². The number of unbranched alkanes of at least 4 members (excludes halogenated alkanes) is 1. The van der Waals surface area contributed by atoms with Crippen molar-refractivity contribution in [3.63, 3.8) is 0 Å². The number of nitrogens with one attached hydrogen (secondary N) is 2. The van der Waals surface area contributed by atoms with E-state index in [-0.39, 0.29) is 0 Å². The minimum atomic E-state index is 0.530. The summed E-state index contributed by atoms with van der Waals surface area (Å²) in [6.45, 7) is 8.98. The molecule has 0 amide bonds. The standard InChI is InChI=1S/C12H24N4O/c1-4-13-9-11-15-16-12(17-11)14-8-6-5-7-10(2)3/h10,13H,4-9H2,1-3H3,(H,14,16). The summed E-state index contributed by atoms with van der Waals surface area (Å²) in [6.07, 6.45) is 3.66. The summed E-state index contributed by atoms with van der Waals surface area (Å²) in [6, 6.07) is 0.530. The van der Waals surface area contributed by atoms with Crippen molar-refractivity contribution >= 4 is 6.01 Å². The van der Waals surface area contributed by atoms with Crippen molar-refractivity contribution in [3.05, 3.63) is 5.89 Å². The fourth-order valence-corrected chi connectivity index (χ4v) is 1.50. The first-order chi connectivity index (χ1) is 8.22. The topological polar surface area (TPSA) is 63.0 Å². The van der Waals surface area contributed by atoms with Crippen LogP contribution < -0.4 is 10.6 Å². The van der Waals surface area contributed by atoms with Gasteiger partial charge in [0.1, 0.15) is 0 Å². The van der Waals surface area contributed by atoms with Crippen molar-refractivity contribution in [1.29, 1.82) is 0 Å². The van der Waals surface area contributed by atoms with Crippen LogP contribution in [0.25, 0.3) is 0 Å². The van der Waals surface area contributed by atoms with E-state index in [4.69, 9.17) is 4.42 Å². The molecule has 0 aliphatic heterocycles. The molecule has 98 valence electrons. The molecule has 5 nitrogen and oxygen atoms in total. The van der Waals surface area contributed by atoms with Crippen molar-refractivity contribution in [2.24, 2.45) is 5.92 Å². The van der Waals surface area contributed by atoms with Crippen LogP contribution in [0.4, 0.5) is 6.01 Å². The van der Waals surface area contributed by atoms with Crippen LogP contribution in [0.15, 0.2) is 4.42 Å². The number of hydrogen-bond acceptors (Lipinski definition) is 5. The summed E-state index contributed by atoms with van der Waals surface area (Å²) < 4.78 is 5.42. The summed E-state index contributed by atoms with van der Waals surface area (Å²) >= 11 is 0. The Hall–Kier alpha value is -1.10. The Morgan fingerprint density at radius 2 is 2.06 bits per heavy atom. The average molecular weight is 240 g/mol. The van der Waals surface area contributed by atoms with E-state index < -0.39 is 0 Å². The first-order valence-electron chi connectivity index (χ1n) is 6.49. The zero-order chi connectivity index (χ0) is 12.5. The molecule has 0 radical (unpaired) electrons. The second kappa shape index (κ2) is 8.06. The lowest BCUT2D eigenvalue weighted by molar-refractivity contribution is 0.479. The highest BCUT2D eigenvalue weighted by atomic mass is 16.4. The summed E-state index contributed by atoms with van der Waals surface area (Å²) in [7, 11) is 0. The van der Waals surface area contributed by atoms with Crippen LogP contribution in [0, 0.1) is 5.92 Å². The van der Waals surface area contributed by atoms with Gasteiger partial charge in [0, 0.05) is 6.54 Å². The van der Waals surface area contributed by atoms with E-state index in [1.807, 2.05) is 6.92 Å². The van der Waals surface area contributed by atoms with Gasteiger partial charge < -0.3 is 15.1 Å². The maximum Gasteiger partial charge on any atom is 0.315 e. The molecule has 1 heterocycles. The molecular formula is C12H24N4O. The molecule has 1 rings (SSSR count). The van der Waals surface area contributed by atoms with Gasteiger partial charge in [-0.25, -0.2) is 0 Å². The maximum atomic E-state index is 5.42. The minimum Gasteiger partial charge on any atom is -0.407 e. The van der Waals surface area contributed by atoms with Gasteiger partial charge in [-0.15, -0.1) is 5.10 Å². The minimum absolute atomic E-state index is 0.530. The molecule has 0 bridgehead atoms. The quantitative estimate of drug-likeness (QED) is 0.649. The fraction of sp³-hybridized carbons (Fsp3) is 0.833. The first kappa shape index (κ1) is 14.0. The van der Waals surface area contributed by atoms with Crippen LogP contribution in [-0.4, -0.2) is 23.3 Å².